The van der Waals surface area contributed by atoms with Crippen molar-refractivity contribution in [2.75, 3.05) is 19.7 Å². The van der Waals surface area contributed by atoms with Gasteiger partial charge in [-0.3, -0.25) is 19.0 Å². The van der Waals surface area contributed by atoms with Gasteiger partial charge in [0.05, 0.1) is 19.7 Å². The first-order valence-corrected chi connectivity index (χ1v) is 10.2. The number of carboxylic acids is 1. The number of halogens is 1. The SMILES string of the molecule is O=C(O)C(=O)N1CCC2(OCCn3c2nc(C(=O)NCc2ccc(F)cc2)cc3=O)C(O)C1. The number of hydrogen-bond acceptors (Lipinski definition) is 7. The molecule has 1 spiro atoms. The Hall–Kier alpha value is -3.64. The third-order valence-electron chi connectivity index (χ3n) is 5.82. The Kier molecular flexibility index (Phi) is 5.95. The van der Waals surface area contributed by atoms with Gasteiger partial charge in [-0.05, 0) is 17.7 Å². The van der Waals surface area contributed by atoms with E-state index in [0.717, 1.165) is 11.0 Å². The average Bonchev–Trinajstić information content (AvgIpc) is 2.80. The summed E-state index contributed by atoms with van der Waals surface area (Å²) in [5.41, 5.74) is -1.52. The van der Waals surface area contributed by atoms with Crippen LogP contribution in [0.25, 0.3) is 0 Å². The zero-order chi connectivity index (χ0) is 23.8. The number of aromatic nitrogens is 2. The molecule has 2 amide bonds. The summed E-state index contributed by atoms with van der Waals surface area (Å²) < 4.78 is 20.2. The number of carbonyl (C=O) groups is 3. The molecule has 3 heterocycles. The minimum Gasteiger partial charge on any atom is -0.474 e. The topological polar surface area (TPSA) is 151 Å². The lowest BCUT2D eigenvalue weighted by atomic mass is 9.86. The number of aliphatic carboxylic acids is 1. The van der Waals surface area contributed by atoms with Crippen LogP contribution in [0.2, 0.25) is 0 Å². The molecule has 1 fully saturated rings. The molecule has 0 saturated carbocycles. The van der Waals surface area contributed by atoms with Gasteiger partial charge in [0.2, 0.25) is 0 Å². The summed E-state index contributed by atoms with van der Waals surface area (Å²) in [7, 11) is 0. The van der Waals surface area contributed by atoms with Crippen LogP contribution in [0.3, 0.4) is 0 Å². The van der Waals surface area contributed by atoms with Crippen LogP contribution in [-0.4, -0.2) is 68.2 Å². The normalized spacial score (nSPS) is 22.0. The van der Waals surface area contributed by atoms with E-state index in [-0.39, 0.29) is 50.7 Å². The summed E-state index contributed by atoms with van der Waals surface area (Å²) in [6.45, 7) is -0.0453. The van der Waals surface area contributed by atoms with Crippen molar-refractivity contribution in [2.45, 2.75) is 31.2 Å². The highest BCUT2D eigenvalue weighted by Gasteiger charge is 2.51. The van der Waals surface area contributed by atoms with Gasteiger partial charge in [0, 0.05) is 25.6 Å². The minimum atomic E-state index is -1.64. The van der Waals surface area contributed by atoms with Gasteiger partial charge in [-0.1, -0.05) is 12.1 Å². The van der Waals surface area contributed by atoms with Gasteiger partial charge >= 0.3 is 11.9 Å². The molecule has 3 N–H and O–H groups in total. The van der Waals surface area contributed by atoms with Crippen LogP contribution in [0.15, 0.2) is 35.1 Å². The second-order valence-corrected chi connectivity index (χ2v) is 7.82. The average molecular weight is 460 g/mol. The van der Waals surface area contributed by atoms with Crippen molar-refractivity contribution in [3.63, 3.8) is 0 Å². The summed E-state index contributed by atoms with van der Waals surface area (Å²) in [4.78, 5) is 53.5. The number of nitrogens with one attached hydrogen (secondary N) is 1. The first-order valence-electron chi connectivity index (χ1n) is 10.2. The van der Waals surface area contributed by atoms with E-state index in [1.165, 1.54) is 28.8 Å². The van der Waals surface area contributed by atoms with Crippen molar-refractivity contribution >= 4 is 17.8 Å². The van der Waals surface area contributed by atoms with Gasteiger partial charge in [0.25, 0.3) is 11.5 Å². The molecule has 2 atom stereocenters. The van der Waals surface area contributed by atoms with E-state index in [1.54, 1.807) is 0 Å². The molecule has 0 radical (unpaired) electrons. The van der Waals surface area contributed by atoms with Crippen LogP contribution in [0.5, 0.6) is 0 Å². The van der Waals surface area contributed by atoms with Crippen molar-refractivity contribution in [3.8, 4) is 0 Å². The fourth-order valence-corrected chi connectivity index (χ4v) is 4.08. The maximum atomic E-state index is 13.1. The number of rotatable bonds is 3. The maximum Gasteiger partial charge on any atom is 0.394 e. The number of piperidine rings is 1. The Morgan fingerprint density at radius 3 is 2.64 bits per heavy atom. The second-order valence-electron chi connectivity index (χ2n) is 7.82. The van der Waals surface area contributed by atoms with E-state index in [2.05, 4.69) is 10.3 Å². The standard InChI is InChI=1S/C21H21FN4O7/c22-13-3-1-12(2-4-13)10-23-17(29)14-9-16(28)26-7-8-33-21(20(26)24-14)5-6-25(11-15(21)27)18(30)19(31)32/h1-4,9,15,27H,5-8,10-11H2,(H,23,29)(H,31,32). The first-order chi connectivity index (χ1) is 15.7. The molecule has 12 heteroatoms. The lowest BCUT2D eigenvalue weighted by Gasteiger charge is -2.46. The fourth-order valence-electron chi connectivity index (χ4n) is 4.08. The lowest BCUT2D eigenvalue weighted by molar-refractivity contribution is -0.189. The van der Waals surface area contributed by atoms with Crippen molar-refractivity contribution in [3.05, 3.63) is 63.6 Å². The number of benzene rings is 1. The van der Waals surface area contributed by atoms with Gasteiger partial charge < -0.3 is 25.2 Å². The fraction of sp³-hybridized carbons (Fsp3) is 0.381. The molecule has 11 nitrogen and oxygen atoms in total. The number of hydrogen-bond donors (Lipinski definition) is 3. The molecule has 2 aliphatic heterocycles. The second kappa shape index (κ2) is 8.71. The number of ether oxygens (including phenoxy) is 1. The van der Waals surface area contributed by atoms with Crippen molar-refractivity contribution in [2.24, 2.45) is 0 Å². The van der Waals surface area contributed by atoms with Crippen LogP contribution in [0.4, 0.5) is 4.39 Å². The molecule has 1 aromatic carbocycles. The van der Waals surface area contributed by atoms with Crippen LogP contribution >= 0.6 is 0 Å². The maximum absolute atomic E-state index is 13.1. The molecule has 0 aliphatic carbocycles. The molecule has 174 valence electrons. The van der Waals surface area contributed by atoms with Crippen molar-refractivity contribution < 1.29 is 33.7 Å². The molecule has 1 saturated heterocycles. The van der Waals surface area contributed by atoms with E-state index >= 15 is 0 Å². The number of nitrogens with zero attached hydrogens (tertiary/aromatic N) is 3. The Bertz CT molecular complexity index is 1170. The third-order valence-corrected chi connectivity index (χ3v) is 5.82. The van der Waals surface area contributed by atoms with E-state index in [1.807, 2.05) is 0 Å². The van der Waals surface area contributed by atoms with E-state index in [0.29, 0.717) is 5.56 Å². The number of carboxylic acid groups (broad SMARTS) is 1. The Labute approximate surface area is 186 Å². The molecule has 33 heavy (non-hydrogen) atoms. The number of fused-ring (bicyclic) bond motifs is 2. The zero-order valence-corrected chi connectivity index (χ0v) is 17.4. The predicted molar refractivity (Wildman–Crippen MR) is 109 cm³/mol. The van der Waals surface area contributed by atoms with Crippen molar-refractivity contribution in [1.82, 2.24) is 19.8 Å². The van der Waals surface area contributed by atoms with Crippen LogP contribution in [0, 0.1) is 5.82 Å². The smallest absolute Gasteiger partial charge is 0.394 e. The molecule has 2 aliphatic rings. The number of likely N-dealkylation sites (tertiary alicyclic amines) is 1. The zero-order valence-electron chi connectivity index (χ0n) is 17.4. The highest BCUT2D eigenvalue weighted by molar-refractivity contribution is 6.31. The Morgan fingerprint density at radius 2 is 1.97 bits per heavy atom. The third kappa shape index (κ3) is 4.22. The monoisotopic (exact) mass is 460 g/mol. The molecule has 0 bridgehead atoms. The van der Waals surface area contributed by atoms with Gasteiger partial charge in [-0.25, -0.2) is 14.2 Å². The number of aliphatic hydroxyl groups excluding tert-OH is 1. The summed E-state index contributed by atoms with van der Waals surface area (Å²) in [5, 5.41) is 22.4. The summed E-state index contributed by atoms with van der Waals surface area (Å²) in [5.74, 6) is -3.80. The number of amides is 2. The number of carbonyl (C=O) groups excluding carboxylic acids is 2. The molecule has 2 unspecified atom stereocenters. The number of aliphatic hydroxyl groups is 1. The van der Waals surface area contributed by atoms with Crippen molar-refractivity contribution in [1.29, 1.82) is 0 Å². The minimum absolute atomic E-state index is 0.0136. The van der Waals surface area contributed by atoms with E-state index in [9.17, 15) is 28.7 Å². The van der Waals surface area contributed by atoms with Gasteiger partial charge in [-0.15, -0.1) is 0 Å². The molecule has 1 aromatic heterocycles. The van der Waals surface area contributed by atoms with E-state index < -0.39 is 40.9 Å². The van der Waals surface area contributed by atoms with E-state index in [4.69, 9.17) is 9.84 Å². The Morgan fingerprint density at radius 1 is 1.24 bits per heavy atom. The first kappa shape index (κ1) is 22.6. The van der Waals surface area contributed by atoms with Crippen LogP contribution in [-0.2, 0) is 33.0 Å². The molecular formula is C21H21FN4O7. The lowest BCUT2D eigenvalue weighted by Crippen LogP contribution is -2.60. The highest BCUT2D eigenvalue weighted by atomic mass is 19.1. The van der Waals surface area contributed by atoms with Gasteiger partial charge in [-0.2, -0.15) is 0 Å². The summed E-state index contributed by atoms with van der Waals surface area (Å²) in [6.07, 6.45) is -1.38. The quantitative estimate of drug-likeness (QED) is 0.505. The molecule has 4 rings (SSSR count). The van der Waals surface area contributed by atoms with Crippen LogP contribution < -0.4 is 10.9 Å². The van der Waals surface area contributed by atoms with Gasteiger partial charge in [0.1, 0.15) is 23.4 Å². The summed E-state index contributed by atoms with van der Waals surface area (Å²) in [6, 6.07) is 6.62. The molecular weight excluding hydrogens is 439 g/mol. The number of β-amino-alcohol motifs (C(OH)–C–C–N with tert-alkyl or cyclic N) is 1. The molecule has 2 aromatic rings. The van der Waals surface area contributed by atoms with Gasteiger partial charge in [0.15, 0.2) is 5.60 Å². The Balaban J connectivity index is 1.60. The predicted octanol–water partition coefficient (Wildman–Crippen LogP) is -0.784. The van der Waals surface area contributed by atoms with Crippen LogP contribution in [0.1, 0.15) is 28.3 Å². The largest absolute Gasteiger partial charge is 0.474 e. The summed E-state index contributed by atoms with van der Waals surface area (Å²) >= 11 is 0. The highest BCUT2D eigenvalue weighted by Crippen LogP contribution is 2.38.